The Morgan fingerprint density at radius 1 is 0.441 bits per heavy atom. The Morgan fingerprint density at radius 2 is 1.08 bits per heavy atom. The summed E-state index contributed by atoms with van der Waals surface area (Å²) >= 11 is 0. The molecule has 0 atom stereocenters. The Labute approximate surface area is 342 Å². The average molecular weight is 760 g/mol. The molecule has 3 heterocycles. The molecule has 0 aliphatic heterocycles. The van der Waals surface area contributed by atoms with Crippen molar-refractivity contribution in [3.63, 3.8) is 0 Å². The maximum atomic E-state index is 5.48. The molecule has 8 aromatic carbocycles. The summed E-state index contributed by atoms with van der Waals surface area (Å²) in [7, 11) is 0. The third kappa shape index (κ3) is 4.94. The van der Waals surface area contributed by atoms with Gasteiger partial charge >= 0.3 is 0 Å². The van der Waals surface area contributed by atoms with Gasteiger partial charge in [-0.1, -0.05) is 167 Å². The minimum absolute atomic E-state index is 0.0747. The second kappa shape index (κ2) is 12.2. The summed E-state index contributed by atoms with van der Waals surface area (Å²) in [5, 5.41) is 9.24. The maximum absolute atomic E-state index is 5.48. The molecule has 59 heavy (non-hydrogen) atoms. The predicted octanol–water partition coefficient (Wildman–Crippen LogP) is 13.7. The van der Waals surface area contributed by atoms with Crippen LogP contribution in [0.15, 0.2) is 164 Å². The van der Waals surface area contributed by atoms with Gasteiger partial charge in [0, 0.05) is 43.7 Å². The van der Waals surface area contributed by atoms with E-state index in [0.717, 1.165) is 66.4 Å². The number of fused-ring (bicyclic) bond motifs is 11. The van der Waals surface area contributed by atoms with Crippen LogP contribution in [0.1, 0.15) is 45.2 Å². The quantitative estimate of drug-likeness (QED) is 0.180. The number of benzene rings is 8. The number of para-hydroxylation sites is 1. The lowest BCUT2D eigenvalue weighted by Crippen LogP contribution is -2.18. The van der Waals surface area contributed by atoms with E-state index in [2.05, 4.69) is 182 Å². The number of hydrogen-bond donors (Lipinski definition) is 0. The molecule has 3 aromatic heterocycles. The van der Waals surface area contributed by atoms with Crippen LogP contribution in [0, 0.1) is 0 Å². The van der Waals surface area contributed by atoms with Gasteiger partial charge in [-0.05, 0) is 68.8 Å². The molecular weight excluding hydrogens is 719 g/mol. The molecule has 5 heteroatoms. The van der Waals surface area contributed by atoms with Gasteiger partial charge in [0.15, 0.2) is 11.6 Å². The molecule has 5 nitrogen and oxygen atoms in total. The van der Waals surface area contributed by atoms with E-state index in [1.165, 1.54) is 33.1 Å². The Bertz CT molecular complexity index is 3530. The van der Waals surface area contributed by atoms with Gasteiger partial charge in [0.05, 0.1) is 22.1 Å². The lowest BCUT2D eigenvalue weighted by Gasteiger charge is -2.22. The van der Waals surface area contributed by atoms with Crippen molar-refractivity contribution in [2.24, 2.45) is 0 Å². The first-order valence-electron chi connectivity index (χ1n) is 20.6. The van der Waals surface area contributed by atoms with E-state index < -0.39 is 0 Å². The molecule has 0 N–H and O–H groups in total. The summed E-state index contributed by atoms with van der Waals surface area (Å²) in [6.07, 6.45) is 1.12. The minimum Gasteiger partial charge on any atom is -0.309 e. The van der Waals surface area contributed by atoms with Crippen molar-refractivity contribution in [1.29, 1.82) is 0 Å². The van der Waals surface area contributed by atoms with Crippen LogP contribution in [0.5, 0.6) is 0 Å². The monoisotopic (exact) mass is 759 g/mol. The third-order valence-corrected chi connectivity index (χ3v) is 12.9. The summed E-state index contributed by atoms with van der Waals surface area (Å²) in [6.45, 7) is 9.56. The lowest BCUT2D eigenvalue weighted by atomic mass is 9.82. The zero-order valence-corrected chi connectivity index (χ0v) is 33.5. The molecule has 1 aliphatic rings. The molecule has 0 unspecified atom stereocenters. The standard InChI is InChI=1S/C54H41N5/c1-53(2)32-54(3,4)44-31-36(26-29-43(44)53)58-45-24-13-12-22-42(45)47-46(58)30-28-40-39-27-25-34-16-9-11-21-38(34)48(39)59(49(40)47)52-56-50(35-17-6-5-7-18-35)55-51(57-52)41-23-14-19-33-15-8-10-20-37(33)41/h5-31H,32H2,1-4H3. The summed E-state index contributed by atoms with van der Waals surface area (Å²) in [5.74, 6) is 1.86. The molecule has 0 bridgehead atoms. The van der Waals surface area contributed by atoms with Crippen LogP contribution < -0.4 is 0 Å². The van der Waals surface area contributed by atoms with Crippen LogP contribution in [0.3, 0.4) is 0 Å². The van der Waals surface area contributed by atoms with Gasteiger partial charge < -0.3 is 4.57 Å². The highest BCUT2D eigenvalue weighted by Crippen LogP contribution is 2.51. The van der Waals surface area contributed by atoms with Gasteiger partial charge in [-0.15, -0.1) is 0 Å². The molecule has 12 rings (SSSR count). The molecule has 282 valence electrons. The van der Waals surface area contributed by atoms with Crippen LogP contribution in [-0.4, -0.2) is 24.1 Å². The van der Waals surface area contributed by atoms with Crippen molar-refractivity contribution >= 4 is 65.2 Å². The molecule has 0 fully saturated rings. The predicted molar refractivity (Wildman–Crippen MR) is 245 cm³/mol. The fraction of sp³-hybridized carbons (Fsp3) is 0.130. The number of rotatable bonds is 4. The van der Waals surface area contributed by atoms with E-state index in [1.807, 2.05) is 18.2 Å². The molecule has 0 saturated heterocycles. The molecule has 1 aliphatic carbocycles. The van der Waals surface area contributed by atoms with Gasteiger partial charge in [0.25, 0.3) is 0 Å². The number of aromatic nitrogens is 5. The van der Waals surface area contributed by atoms with Crippen LogP contribution >= 0.6 is 0 Å². The summed E-state index contributed by atoms with van der Waals surface area (Å²) < 4.78 is 4.80. The Kier molecular flexibility index (Phi) is 7.03. The normalized spacial score (nSPS) is 14.6. The molecule has 11 aromatic rings. The number of hydrogen-bond acceptors (Lipinski definition) is 3. The van der Waals surface area contributed by atoms with Crippen LogP contribution in [-0.2, 0) is 10.8 Å². The molecule has 0 spiro atoms. The van der Waals surface area contributed by atoms with E-state index >= 15 is 0 Å². The third-order valence-electron chi connectivity index (χ3n) is 12.9. The molecule has 0 radical (unpaired) electrons. The largest absolute Gasteiger partial charge is 0.309 e. The van der Waals surface area contributed by atoms with Gasteiger partial charge in [-0.3, -0.25) is 4.57 Å². The van der Waals surface area contributed by atoms with E-state index in [4.69, 9.17) is 15.0 Å². The van der Waals surface area contributed by atoms with Crippen molar-refractivity contribution in [3.05, 3.63) is 175 Å². The Morgan fingerprint density at radius 3 is 1.92 bits per heavy atom. The fourth-order valence-corrected chi connectivity index (χ4v) is 10.6. The first kappa shape index (κ1) is 34.0. The second-order valence-electron chi connectivity index (χ2n) is 17.6. The lowest BCUT2D eigenvalue weighted by molar-refractivity contribution is 0.403. The smallest absolute Gasteiger partial charge is 0.238 e. The first-order valence-corrected chi connectivity index (χ1v) is 20.6. The van der Waals surface area contributed by atoms with E-state index in [1.54, 1.807) is 0 Å². The fourth-order valence-electron chi connectivity index (χ4n) is 10.6. The Hall–Kier alpha value is -7.11. The van der Waals surface area contributed by atoms with Gasteiger partial charge in [0.2, 0.25) is 5.95 Å². The van der Waals surface area contributed by atoms with Gasteiger partial charge in [0.1, 0.15) is 0 Å². The zero-order valence-electron chi connectivity index (χ0n) is 33.5. The van der Waals surface area contributed by atoms with Crippen molar-refractivity contribution in [2.45, 2.75) is 44.9 Å². The van der Waals surface area contributed by atoms with E-state index in [-0.39, 0.29) is 10.8 Å². The topological polar surface area (TPSA) is 48.5 Å². The van der Waals surface area contributed by atoms with Crippen molar-refractivity contribution in [2.75, 3.05) is 0 Å². The molecule has 0 saturated carbocycles. The molecule has 0 amide bonds. The van der Waals surface area contributed by atoms with Crippen LogP contribution in [0.25, 0.3) is 99.6 Å². The minimum atomic E-state index is 0.0747. The summed E-state index contributed by atoms with van der Waals surface area (Å²) in [5.41, 5.74) is 10.7. The van der Waals surface area contributed by atoms with E-state index in [9.17, 15) is 0 Å². The summed E-state index contributed by atoms with van der Waals surface area (Å²) in [6, 6.07) is 59.0. The second-order valence-corrected chi connectivity index (χ2v) is 17.6. The highest BCUT2D eigenvalue weighted by atomic mass is 15.2. The SMILES string of the molecule is CC1(C)CC(C)(C)c2cc(-n3c4ccccc4c4c3ccc3c5ccc6ccccc6c5n(-c5nc(-c6ccccc6)nc(-c6cccc7ccccc67)n5)c34)ccc21. The van der Waals surface area contributed by atoms with Gasteiger partial charge in [-0.25, -0.2) is 4.98 Å². The number of nitrogens with zero attached hydrogens (tertiary/aromatic N) is 5. The van der Waals surface area contributed by atoms with Crippen LogP contribution in [0.4, 0.5) is 0 Å². The van der Waals surface area contributed by atoms with Crippen molar-refractivity contribution in [1.82, 2.24) is 24.1 Å². The highest BCUT2D eigenvalue weighted by Gasteiger charge is 2.42. The van der Waals surface area contributed by atoms with Crippen LogP contribution in [0.2, 0.25) is 0 Å². The average Bonchev–Trinajstić information content (AvgIpc) is 3.85. The van der Waals surface area contributed by atoms with Crippen molar-refractivity contribution < 1.29 is 0 Å². The molecular formula is C54H41N5. The van der Waals surface area contributed by atoms with Gasteiger partial charge in [-0.2, -0.15) is 9.97 Å². The Balaban J connectivity index is 1.24. The highest BCUT2D eigenvalue weighted by molar-refractivity contribution is 6.28. The van der Waals surface area contributed by atoms with E-state index in [0.29, 0.717) is 17.6 Å². The van der Waals surface area contributed by atoms with Crippen molar-refractivity contribution in [3.8, 4) is 34.4 Å². The maximum Gasteiger partial charge on any atom is 0.238 e. The summed E-state index contributed by atoms with van der Waals surface area (Å²) in [4.78, 5) is 16.1. The zero-order chi connectivity index (χ0) is 39.6. The first-order chi connectivity index (χ1) is 28.7.